The molecule has 0 aliphatic heterocycles. The molecule has 0 saturated carbocycles. The summed E-state index contributed by atoms with van der Waals surface area (Å²) >= 11 is 1.80. The SMILES string of the molecule is C=CCSCC[C@@H](C)O. The third-order valence-electron chi connectivity index (χ3n) is 0.916. The van der Waals surface area contributed by atoms with E-state index in [9.17, 15) is 0 Å². The first-order valence-corrected chi connectivity index (χ1v) is 4.29. The van der Waals surface area contributed by atoms with Crippen LogP contribution < -0.4 is 0 Å². The Hall–Kier alpha value is 0.0500. The molecule has 0 aromatic rings. The second-order valence-corrected chi connectivity index (χ2v) is 3.15. The van der Waals surface area contributed by atoms with Crippen LogP contribution in [0.5, 0.6) is 0 Å². The Kier molecular flexibility index (Phi) is 6.21. The largest absolute Gasteiger partial charge is 0.393 e. The summed E-state index contributed by atoms with van der Waals surface area (Å²) in [6.45, 7) is 5.41. The van der Waals surface area contributed by atoms with E-state index in [1.807, 2.05) is 13.0 Å². The summed E-state index contributed by atoms with van der Waals surface area (Å²) in [5, 5.41) is 8.81. The van der Waals surface area contributed by atoms with Crippen molar-refractivity contribution in [3.8, 4) is 0 Å². The highest BCUT2D eigenvalue weighted by Gasteiger charge is 1.92. The van der Waals surface area contributed by atoms with Crippen LogP contribution in [0.4, 0.5) is 0 Å². The van der Waals surface area contributed by atoms with Gasteiger partial charge in [0, 0.05) is 5.75 Å². The van der Waals surface area contributed by atoms with Gasteiger partial charge in [0.25, 0.3) is 0 Å². The molecule has 0 bridgehead atoms. The highest BCUT2D eigenvalue weighted by atomic mass is 32.2. The van der Waals surface area contributed by atoms with Crippen LogP contribution in [-0.2, 0) is 0 Å². The lowest BCUT2D eigenvalue weighted by Crippen LogP contribution is -2.00. The summed E-state index contributed by atoms with van der Waals surface area (Å²) in [6.07, 6.45) is 2.62. The minimum atomic E-state index is -0.151. The number of aliphatic hydroxyl groups excluding tert-OH is 1. The topological polar surface area (TPSA) is 20.2 Å². The predicted molar refractivity (Wildman–Crippen MR) is 43.8 cm³/mol. The van der Waals surface area contributed by atoms with Gasteiger partial charge >= 0.3 is 0 Å². The van der Waals surface area contributed by atoms with Gasteiger partial charge in [-0.1, -0.05) is 6.08 Å². The fourth-order valence-corrected chi connectivity index (χ4v) is 1.26. The van der Waals surface area contributed by atoms with Crippen LogP contribution in [0.25, 0.3) is 0 Å². The molecule has 0 aliphatic rings. The number of thioether (sulfide) groups is 1. The van der Waals surface area contributed by atoms with Crippen LogP contribution in [0.15, 0.2) is 12.7 Å². The average molecular weight is 146 g/mol. The van der Waals surface area contributed by atoms with E-state index >= 15 is 0 Å². The van der Waals surface area contributed by atoms with Crippen molar-refractivity contribution in [2.45, 2.75) is 19.4 Å². The first kappa shape index (κ1) is 9.05. The van der Waals surface area contributed by atoms with Crippen molar-refractivity contribution < 1.29 is 5.11 Å². The van der Waals surface area contributed by atoms with Crippen LogP contribution in [-0.4, -0.2) is 22.7 Å². The van der Waals surface area contributed by atoms with Gasteiger partial charge in [0.15, 0.2) is 0 Å². The average Bonchev–Trinajstić information content (AvgIpc) is 1.80. The van der Waals surface area contributed by atoms with E-state index in [0.29, 0.717) is 0 Å². The molecule has 0 radical (unpaired) electrons. The molecule has 0 saturated heterocycles. The van der Waals surface area contributed by atoms with Gasteiger partial charge in [-0.3, -0.25) is 0 Å². The first-order valence-electron chi connectivity index (χ1n) is 3.14. The lowest BCUT2D eigenvalue weighted by atomic mass is 10.3. The molecule has 1 atom stereocenters. The van der Waals surface area contributed by atoms with E-state index < -0.39 is 0 Å². The molecule has 1 N–H and O–H groups in total. The molecule has 0 rings (SSSR count). The van der Waals surface area contributed by atoms with Gasteiger partial charge in [-0.15, -0.1) is 6.58 Å². The summed E-state index contributed by atoms with van der Waals surface area (Å²) in [5.41, 5.74) is 0. The maximum Gasteiger partial charge on any atom is 0.0520 e. The first-order chi connectivity index (χ1) is 4.27. The molecule has 9 heavy (non-hydrogen) atoms. The van der Waals surface area contributed by atoms with Crippen LogP contribution in [0.1, 0.15) is 13.3 Å². The van der Waals surface area contributed by atoms with E-state index in [0.717, 1.165) is 17.9 Å². The molecule has 54 valence electrons. The van der Waals surface area contributed by atoms with Crippen molar-refractivity contribution in [1.29, 1.82) is 0 Å². The van der Waals surface area contributed by atoms with E-state index in [2.05, 4.69) is 6.58 Å². The summed E-state index contributed by atoms with van der Waals surface area (Å²) in [6, 6.07) is 0. The quantitative estimate of drug-likeness (QED) is 0.470. The highest BCUT2D eigenvalue weighted by molar-refractivity contribution is 7.99. The molecular formula is C7H14OS. The van der Waals surface area contributed by atoms with Crippen molar-refractivity contribution in [3.63, 3.8) is 0 Å². The molecule has 0 aromatic carbocycles. The Bertz CT molecular complexity index is 71.3. The van der Waals surface area contributed by atoms with Gasteiger partial charge in [0.1, 0.15) is 0 Å². The highest BCUT2D eigenvalue weighted by Crippen LogP contribution is 2.03. The molecule has 0 unspecified atom stereocenters. The lowest BCUT2D eigenvalue weighted by Gasteiger charge is -2.00. The van der Waals surface area contributed by atoms with Gasteiger partial charge in [-0.25, -0.2) is 0 Å². The van der Waals surface area contributed by atoms with Crippen molar-refractivity contribution in [1.82, 2.24) is 0 Å². The normalized spacial score (nSPS) is 13.1. The Labute approximate surface area is 61.2 Å². The lowest BCUT2D eigenvalue weighted by molar-refractivity contribution is 0.192. The smallest absolute Gasteiger partial charge is 0.0520 e. The third kappa shape index (κ3) is 8.05. The van der Waals surface area contributed by atoms with E-state index in [1.54, 1.807) is 11.8 Å². The third-order valence-corrected chi connectivity index (χ3v) is 1.91. The van der Waals surface area contributed by atoms with E-state index in [1.165, 1.54) is 0 Å². The zero-order valence-corrected chi connectivity index (χ0v) is 6.66. The van der Waals surface area contributed by atoms with Gasteiger partial charge in [0.2, 0.25) is 0 Å². The Balaban J connectivity index is 2.82. The monoisotopic (exact) mass is 146 g/mol. The molecule has 1 nitrogen and oxygen atoms in total. The van der Waals surface area contributed by atoms with Gasteiger partial charge < -0.3 is 5.11 Å². The molecule has 0 aromatic heterocycles. The second-order valence-electron chi connectivity index (χ2n) is 2.00. The van der Waals surface area contributed by atoms with Crippen molar-refractivity contribution >= 4 is 11.8 Å². The Morgan fingerprint density at radius 2 is 2.44 bits per heavy atom. The Morgan fingerprint density at radius 3 is 2.89 bits per heavy atom. The molecular weight excluding hydrogens is 132 g/mol. The zero-order valence-electron chi connectivity index (χ0n) is 5.84. The second kappa shape index (κ2) is 6.17. The summed E-state index contributed by atoms with van der Waals surface area (Å²) in [4.78, 5) is 0. The summed E-state index contributed by atoms with van der Waals surface area (Å²) in [5.74, 6) is 2.02. The molecule has 0 heterocycles. The zero-order chi connectivity index (χ0) is 7.11. The fourth-order valence-electron chi connectivity index (χ4n) is 0.421. The van der Waals surface area contributed by atoms with E-state index in [-0.39, 0.29) is 6.10 Å². The minimum Gasteiger partial charge on any atom is -0.393 e. The standard InChI is InChI=1S/C7H14OS/c1-3-5-9-6-4-7(2)8/h3,7-8H,1,4-6H2,2H3/t7-/m1/s1. The van der Waals surface area contributed by atoms with Crippen LogP contribution in [0.2, 0.25) is 0 Å². The minimum absolute atomic E-state index is 0.151. The van der Waals surface area contributed by atoms with Gasteiger partial charge in [0.05, 0.1) is 6.10 Å². The summed E-state index contributed by atoms with van der Waals surface area (Å²) < 4.78 is 0. The Morgan fingerprint density at radius 1 is 1.78 bits per heavy atom. The van der Waals surface area contributed by atoms with Crippen LogP contribution >= 0.6 is 11.8 Å². The maximum atomic E-state index is 8.81. The molecule has 0 aliphatic carbocycles. The molecule has 0 amide bonds. The number of aliphatic hydroxyl groups is 1. The van der Waals surface area contributed by atoms with Crippen LogP contribution in [0.3, 0.4) is 0 Å². The van der Waals surface area contributed by atoms with Crippen molar-refractivity contribution in [2.24, 2.45) is 0 Å². The number of hydrogen-bond donors (Lipinski definition) is 1. The van der Waals surface area contributed by atoms with Gasteiger partial charge in [-0.2, -0.15) is 11.8 Å². The molecule has 2 heteroatoms. The maximum absolute atomic E-state index is 8.81. The summed E-state index contributed by atoms with van der Waals surface area (Å²) in [7, 11) is 0. The number of rotatable bonds is 5. The molecule has 0 spiro atoms. The van der Waals surface area contributed by atoms with Gasteiger partial charge in [-0.05, 0) is 19.1 Å². The number of hydrogen-bond acceptors (Lipinski definition) is 2. The van der Waals surface area contributed by atoms with Crippen molar-refractivity contribution in [3.05, 3.63) is 12.7 Å². The molecule has 0 fully saturated rings. The van der Waals surface area contributed by atoms with Crippen molar-refractivity contribution in [2.75, 3.05) is 11.5 Å². The van der Waals surface area contributed by atoms with E-state index in [4.69, 9.17) is 5.11 Å². The fraction of sp³-hybridized carbons (Fsp3) is 0.714. The predicted octanol–water partition coefficient (Wildman–Crippen LogP) is 1.68. The van der Waals surface area contributed by atoms with Crippen LogP contribution in [0, 0.1) is 0 Å².